The van der Waals surface area contributed by atoms with Gasteiger partial charge in [0.2, 0.25) is 5.13 Å². The largest absolute Gasteiger partial charge is 0.502 e. The molecule has 0 saturated heterocycles. The van der Waals surface area contributed by atoms with Gasteiger partial charge in [-0.15, -0.1) is 11.3 Å². The van der Waals surface area contributed by atoms with Gasteiger partial charge in [-0.1, -0.05) is 12.1 Å². The molecule has 1 aromatic heterocycles. The summed E-state index contributed by atoms with van der Waals surface area (Å²) in [6.07, 6.45) is 1.41. The Bertz CT molecular complexity index is 971. The van der Waals surface area contributed by atoms with Crippen molar-refractivity contribution in [3.63, 3.8) is 0 Å². The van der Waals surface area contributed by atoms with E-state index >= 15 is 0 Å². The highest BCUT2D eigenvalue weighted by atomic mass is 32.1. The van der Waals surface area contributed by atoms with Gasteiger partial charge in [0, 0.05) is 22.6 Å². The molecule has 0 aliphatic heterocycles. The molecule has 0 aliphatic rings. The van der Waals surface area contributed by atoms with Crippen molar-refractivity contribution in [2.24, 2.45) is 5.10 Å². The summed E-state index contributed by atoms with van der Waals surface area (Å²) in [4.78, 5) is 14.6. The molecule has 3 aromatic rings. The summed E-state index contributed by atoms with van der Waals surface area (Å²) in [7, 11) is 1.60. The Morgan fingerprint density at radius 3 is 2.92 bits per heavy atom. The minimum Gasteiger partial charge on any atom is -0.502 e. The number of aromatic hydroxyl groups is 1. The number of hydrogen-bond donors (Lipinski definition) is 2. The maximum atomic E-state index is 10.8. The second-order valence-corrected chi connectivity index (χ2v) is 5.97. The van der Waals surface area contributed by atoms with Gasteiger partial charge in [-0.3, -0.25) is 15.5 Å². The first kappa shape index (κ1) is 17.4. The molecular weight excluding hydrogens is 356 g/mol. The molecule has 0 radical (unpaired) electrons. The van der Waals surface area contributed by atoms with Crippen LogP contribution in [0, 0.1) is 10.1 Å². The zero-order valence-corrected chi connectivity index (χ0v) is 14.4. The van der Waals surface area contributed by atoms with E-state index in [1.165, 1.54) is 35.8 Å². The number of nitrogens with one attached hydrogen (secondary N) is 1. The van der Waals surface area contributed by atoms with Crippen LogP contribution in [0.1, 0.15) is 5.56 Å². The number of hydrogen-bond acceptors (Lipinski definition) is 8. The van der Waals surface area contributed by atoms with Crippen LogP contribution in [0.2, 0.25) is 0 Å². The van der Waals surface area contributed by atoms with Crippen LogP contribution in [-0.4, -0.2) is 28.3 Å². The number of rotatable bonds is 6. The molecule has 0 spiro atoms. The van der Waals surface area contributed by atoms with Crippen molar-refractivity contribution in [2.45, 2.75) is 0 Å². The number of nitro benzene ring substituents is 1. The predicted molar refractivity (Wildman–Crippen MR) is 100 cm³/mol. The normalized spacial score (nSPS) is 10.8. The first-order valence-corrected chi connectivity index (χ1v) is 8.32. The molecule has 0 atom stereocenters. The fourth-order valence-electron chi connectivity index (χ4n) is 2.23. The van der Waals surface area contributed by atoms with Gasteiger partial charge in [-0.2, -0.15) is 5.10 Å². The number of methoxy groups -OCH3 is 1. The standard InChI is InChI=1S/C17H14N4O4S/c1-25-16-5-3-2-4-12(16)13-10-26-17(19-13)20-18-9-11-6-7-15(22)14(8-11)21(23)24/h2-10,22H,1H3,(H,19,20)/b18-9-. The number of hydrazone groups is 1. The number of para-hydroxylation sites is 1. The zero-order chi connectivity index (χ0) is 18.5. The Balaban J connectivity index is 1.73. The van der Waals surface area contributed by atoms with E-state index in [4.69, 9.17) is 4.74 Å². The number of aromatic nitrogens is 1. The topological polar surface area (TPSA) is 110 Å². The number of ether oxygens (including phenoxy) is 1. The van der Waals surface area contributed by atoms with Crippen LogP contribution < -0.4 is 10.2 Å². The number of thiazole rings is 1. The Labute approximate surface area is 152 Å². The molecule has 9 heteroatoms. The van der Waals surface area contributed by atoms with Gasteiger partial charge in [0.1, 0.15) is 5.75 Å². The van der Waals surface area contributed by atoms with E-state index in [1.807, 2.05) is 29.6 Å². The highest BCUT2D eigenvalue weighted by Gasteiger charge is 2.13. The van der Waals surface area contributed by atoms with E-state index in [9.17, 15) is 15.2 Å². The molecular formula is C17H14N4O4S. The van der Waals surface area contributed by atoms with Crippen molar-refractivity contribution in [1.82, 2.24) is 4.98 Å². The highest BCUT2D eigenvalue weighted by Crippen LogP contribution is 2.32. The van der Waals surface area contributed by atoms with Gasteiger partial charge in [-0.05, 0) is 24.3 Å². The predicted octanol–water partition coefficient (Wildman–Crippen LogP) is 3.88. The lowest BCUT2D eigenvalue weighted by Gasteiger charge is -2.04. The van der Waals surface area contributed by atoms with E-state index in [-0.39, 0.29) is 11.4 Å². The van der Waals surface area contributed by atoms with Gasteiger partial charge in [0.15, 0.2) is 5.75 Å². The number of benzene rings is 2. The van der Waals surface area contributed by atoms with Crippen molar-refractivity contribution in [3.8, 4) is 22.8 Å². The minimum absolute atomic E-state index is 0.373. The fourth-order valence-corrected chi connectivity index (χ4v) is 2.89. The average Bonchev–Trinajstić information content (AvgIpc) is 3.11. The van der Waals surface area contributed by atoms with Gasteiger partial charge in [-0.25, -0.2) is 4.98 Å². The summed E-state index contributed by atoms with van der Waals surface area (Å²) in [5.41, 5.74) is 4.52. The summed E-state index contributed by atoms with van der Waals surface area (Å²) < 4.78 is 5.33. The van der Waals surface area contributed by atoms with E-state index in [2.05, 4.69) is 15.5 Å². The van der Waals surface area contributed by atoms with E-state index in [0.717, 1.165) is 17.0 Å². The van der Waals surface area contributed by atoms with Gasteiger partial charge < -0.3 is 9.84 Å². The van der Waals surface area contributed by atoms with Gasteiger partial charge in [0.25, 0.3) is 0 Å². The molecule has 0 aliphatic carbocycles. The molecule has 0 bridgehead atoms. The number of phenolic OH excluding ortho intramolecular Hbond substituents is 1. The number of anilines is 1. The Hall–Kier alpha value is -3.46. The lowest BCUT2D eigenvalue weighted by molar-refractivity contribution is -0.385. The number of nitrogens with zero attached hydrogens (tertiary/aromatic N) is 3. The fraction of sp³-hybridized carbons (Fsp3) is 0.0588. The van der Waals surface area contributed by atoms with Crippen LogP contribution in [-0.2, 0) is 0 Å². The van der Waals surface area contributed by atoms with Crippen LogP contribution in [0.4, 0.5) is 10.8 Å². The molecule has 26 heavy (non-hydrogen) atoms. The molecule has 0 unspecified atom stereocenters. The van der Waals surface area contributed by atoms with Crippen molar-refractivity contribution in [1.29, 1.82) is 0 Å². The lowest BCUT2D eigenvalue weighted by Crippen LogP contribution is -1.93. The molecule has 3 rings (SSSR count). The third-order valence-corrected chi connectivity index (χ3v) is 4.20. The third-order valence-electron chi connectivity index (χ3n) is 3.46. The molecule has 8 nitrogen and oxygen atoms in total. The van der Waals surface area contributed by atoms with E-state index in [1.54, 1.807) is 7.11 Å². The quantitative estimate of drug-likeness (QED) is 0.387. The maximum absolute atomic E-state index is 10.8. The van der Waals surface area contributed by atoms with E-state index < -0.39 is 4.92 Å². The first-order chi connectivity index (χ1) is 12.6. The maximum Gasteiger partial charge on any atom is 0.311 e. The smallest absolute Gasteiger partial charge is 0.311 e. The third kappa shape index (κ3) is 3.78. The van der Waals surface area contributed by atoms with Crippen molar-refractivity contribution in [2.75, 3.05) is 12.5 Å². The molecule has 1 heterocycles. The number of nitro groups is 1. The molecule has 0 amide bonds. The monoisotopic (exact) mass is 370 g/mol. The van der Waals surface area contributed by atoms with Crippen molar-refractivity contribution in [3.05, 3.63) is 63.5 Å². The van der Waals surface area contributed by atoms with Crippen molar-refractivity contribution < 1.29 is 14.8 Å². The first-order valence-electron chi connectivity index (χ1n) is 7.44. The van der Waals surface area contributed by atoms with Gasteiger partial charge >= 0.3 is 5.69 Å². The number of phenols is 1. The summed E-state index contributed by atoms with van der Waals surface area (Å²) in [5, 5.41) is 26.7. The molecule has 0 fully saturated rings. The van der Waals surface area contributed by atoms with Crippen molar-refractivity contribution >= 4 is 28.4 Å². The van der Waals surface area contributed by atoms with Crippen LogP contribution in [0.3, 0.4) is 0 Å². The Kier molecular flexibility index (Phi) is 5.09. The summed E-state index contributed by atoms with van der Waals surface area (Å²) in [6, 6.07) is 11.6. The molecule has 2 aromatic carbocycles. The zero-order valence-electron chi connectivity index (χ0n) is 13.6. The molecule has 132 valence electrons. The summed E-state index contributed by atoms with van der Waals surface area (Å²) in [6.45, 7) is 0. The average molecular weight is 370 g/mol. The van der Waals surface area contributed by atoms with Crippen LogP contribution >= 0.6 is 11.3 Å². The van der Waals surface area contributed by atoms with E-state index in [0.29, 0.717) is 10.7 Å². The Morgan fingerprint density at radius 1 is 1.35 bits per heavy atom. The second-order valence-electron chi connectivity index (χ2n) is 5.11. The Morgan fingerprint density at radius 2 is 2.15 bits per heavy atom. The molecule has 0 saturated carbocycles. The SMILES string of the molecule is COc1ccccc1-c1csc(N/N=C\c2ccc(O)c([N+](=O)[O-])c2)n1. The minimum atomic E-state index is -0.652. The molecule has 2 N–H and O–H groups in total. The summed E-state index contributed by atoms with van der Waals surface area (Å²) >= 11 is 1.37. The van der Waals surface area contributed by atoms with Crippen LogP contribution in [0.15, 0.2) is 52.9 Å². The van der Waals surface area contributed by atoms with Crippen LogP contribution in [0.25, 0.3) is 11.3 Å². The lowest BCUT2D eigenvalue weighted by atomic mass is 10.1. The van der Waals surface area contributed by atoms with Gasteiger partial charge in [0.05, 0.1) is 23.9 Å². The summed E-state index contributed by atoms with van der Waals surface area (Å²) in [5.74, 6) is 0.339. The highest BCUT2D eigenvalue weighted by molar-refractivity contribution is 7.14. The second kappa shape index (κ2) is 7.62. The van der Waals surface area contributed by atoms with Crippen LogP contribution in [0.5, 0.6) is 11.5 Å².